The number of unbranched alkanes of at least 4 members (excludes halogenated alkanes) is 1. The molecular weight excluding hydrogens is 292 g/mol. The van der Waals surface area contributed by atoms with E-state index in [1.165, 1.54) is 11.4 Å². The van der Waals surface area contributed by atoms with Gasteiger partial charge in [-0.25, -0.2) is 0 Å². The highest BCUT2D eigenvalue weighted by Crippen LogP contribution is 2.27. The van der Waals surface area contributed by atoms with Crippen molar-refractivity contribution in [3.05, 3.63) is 23.5 Å². The van der Waals surface area contributed by atoms with Crippen molar-refractivity contribution in [2.24, 2.45) is 0 Å². The summed E-state index contributed by atoms with van der Waals surface area (Å²) in [5.74, 6) is 0.300. The van der Waals surface area contributed by atoms with Crippen LogP contribution in [0, 0.1) is 6.92 Å². The highest BCUT2D eigenvalue weighted by molar-refractivity contribution is 9.09. The van der Waals surface area contributed by atoms with E-state index in [4.69, 9.17) is 0 Å². The topological polar surface area (TPSA) is 25.2 Å². The summed E-state index contributed by atoms with van der Waals surface area (Å²) in [5, 5.41) is 0.984. The van der Waals surface area contributed by atoms with Gasteiger partial charge in [-0.05, 0) is 38.8 Å². The van der Waals surface area contributed by atoms with Gasteiger partial charge in [0.2, 0.25) is 5.91 Å². The van der Waals surface area contributed by atoms with E-state index >= 15 is 0 Å². The summed E-state index contributed by atoms with van der Waals surface area (Å²) < 4.78 is 2.33. The molecule has 1 amide bonds. The number of hydrogen-bond acceptors (Lipinski definition) is 1. The summed E-state index contributed by atoms with van der Waals surface area (Å²) in [6.45, 7) is 6.04. The lowest BCUT2D eigenvalue weighted by Gasteiger charge is -2.35. The molecule has 0 N–H and O–H groups in total. The van der Waals surface area contributed by atoms with Gasteiger partial charge in [0.05, 0.1) is 6.04 Å². The Hall–Kier alpha value is -0.770. The first kappa shape index (κ1) is 13.7. The quantitative estimate of drug-likeness (QED) is 0.619. The van der Waals surface area contributed by atoms with Crippen molar-refractivity contribution in [2.75, 3.05) is 11.9 Å². The van der Waals surface area contributed by atoms with E-state index in [1.54, 1.807) is 0 Å². The van der Waals surface area contributed by atoms with E-state index < -0.39 is 0 Å². The number of aromatic nitrogens is 1. The summed E-state index contributed by atoms with van der Waals surface area (Å²) in [4.78, 5) is 14.2. The predicted molar refractivity (Wildman–Crippen MR) is 76.9 cm³/mol. The Labute approximate surface area is 117 Å². The third-order valence-electron chi connectivity index (χ3n) is 3.79. The molecule has 100 valence electrons. The van der Waals surface area contributed by atoms with Crippen LogP contribution < -0.4 is 0 Å². The average molecular weight is 313 g/mol. The van der Waals surface area contributed by atoms with Crippen LogP contribution in [0.3, 0.4) is 0 Å². The zero-order chi connectivity index (χ0) is 13.1. The molecule has 1 aromatic rings. The standard InChI is InChI=1S/C14H21BrN2O/c1-11-6-7-13-12(2)17(10-9-16(11)13)14(18)5-3-4-8-15/h6-7,12H,3-5,8-10H2,1-2H3. The van der Waals surface area contributed by atoms with Gasteiger partial charge in [-0.3, -0.25) is 4.79 Å². The van der Waals surface area contributed by atoms with Gasteiger partial charge in [-0.1, -0.05) is 15.9 Å². The maximum atomic E-state index is 12.2. The molecule has 2 rings (SSSR count). The summed E-state index contributed by atoms with van der Waals surface area (Å²) in [6.07, 6.45) is 2.73. The number of nitrogens with zero attached hydrogens (tertiary/aromatic N) is 2. The van der Waals surface area contributed by atoms with Crippen LogP contribution in [0.5, 0.6) is 0 Å². The molecule has 0 spiro atoms. The van der Waals surface area contributed by atoms with E-state index in [9.17, 15) is 4.79 Å². The van der Waals surface area contributed by atoms with Gasteiger partial charge in [0, 0.05) is 36.2 Å². The van der Waals surface area contributed by atoms with Crippen LogP contribution in [0.2, 0.25) is 0 Å². The Morgan fingerprint density at radius 1 is 1.39 bits per heavy atom. The van der Waals surface area contributed by atoms with E-state index in [-0.39, 0.29) is 6.04 Å². The fourth-order valence-corrected chi connectivity index (χ4v) is 3.07. The van der Waals surface area contributed by atoms with Gasteiger partial charge < -0.3 is 9.47 Å². The molecule has 1 aliphatic rings. The smallest absolute Gasteiger partial charge is 0.223 e. The SMILES string of the molecule is Cc1ccc2n1CCN(C(=O)CCCCBr)C2C. The number of rotatable bonds is 4. The fraction of sp³-hybridized carbons (Fsp3) is 0.643. The summed E-state index contributed by atoms with van der Waals surface area (Å²) >= 11 is 3.40. The van der Waals surface area contributed by atoms with Crippen molar-refractivity contribution < 1.29 is 4.79 Å². The molecule has 1 aromatic heterocycles. The van der Waals surface area contributed by atoms with Crippen molar-refractivity contribution in [2.45, 2.75) is 45.7 Å². The first-order valence-corrected chi connectivity index (χ1v) is 7.78. The maximum absolute atomic E-state index is 12.2. The van der Waals surface area contributed by atoms with Crippen molar-refractivity contribution in [3.63, 3.8) is 0 Å². The van der Waals surface area contributed by atoms with Crippen LogP contribution in [-0.4, -0.2) is 27.2 Å². The van der Waals surface area contributed by atoms with Gasteiger partial charge >= 0.3 is 0 Å². The van der Waals surface area contributed by atoms with Gasteiger partial charge in [0.15, 0.2) is 0 Å². The molecule has 1 atom stereocenters. The number of amides is 1. The summed E-state index contributed by atoms with van der Waals surface area (Å²) in [6, 6.07) is 4.51. The Kier molecular flexibility index (Phi) is 4.49. The van der Waals surface area contributed by atoms with Crippen LogP contribution in [-0.2, 0) is 11.3 Å². The van der Waals surface area contributed by atoms with Gasteiger partial charge in [0.25, 0.3) is 0 Å². The molecule has 0 bridgehead atoms. The number of halogens is 1. The number of aryl methyl sites for hydroxylation is 1. The maximum Gasteiger partial charge on any atom is 0.223 e. The Morgan fingerprint density at radius 2 is 2.17 bits per heavy atom. The molecule has 4 heteroatoms. The van der Waals surface area contributed by atoms with E-state index in [0.717, 1.165) is 31.3 Å². The minimum absolute atomic E-state index is 0.212. The van der Waals surface area contributed by atoms with Crippen molar-refractivity contribution in [1.82, 2.24) is 9.47 Å². The molecule has 0 aliphatic carbocycles. The fourth-order valence-electron chi connectivity index (χ4n) is 2.68. The lowest BCUT2D eigenvalue weighted by atomic mass is 10.1. The predicted octanol–water partition coefficient (Wildman–Crippen LogP) is 3.26. The lowest BCUT2D eigenvalue weighted by molar-refractivity contribution is -0.134. The molecule has 18 heavy (non-hydrogen) atoms. The van der Waals surface area contributed by atoms with Crippen LogP contribution in [0.1, 0.15) is 43.6 Å². The average Bonchev–Trinajstić information content (AvgIpc) is 2.73. The van der Waals surface area contributed by atoms with Crippen LogP contribution in [0.25, 0.3) is 0 Å². The summed E-state index contributed by atoms with van der Waals surface area (Å²) in [5.41, 5.74) is 2.57. The number of hydrogen-bond donors (Lipinski definition) is 0. The Bertz CT molecular complexity index is 427. The highest BCUT2D eigenvalue weighted by Gasteiger charge is 2.27. The molecule has 0 aromatic carbocycles. The van der Waals surface area contributed by atoms with Crippen LogP contribution in [0.15, 0.2) is 12.1 Å². The van der Waals surface area contributed by atoms with Crippen molar-refractivity contribution in [1.29, 1.82) is 0 Å². The molecular formula is C14H21BrN2O. The van der Waals surface area contributed by atoms with Gasteiger partial charge in [-0.15, -0.1) is 0 Å². The third-order valence-corrected chi connectivity index (χ3v) is 4.35. The molecule has 2 heterocycles. The molecule has 0 saturated heterocycles. The molecule has 3 nitrogen and oxygen atoms in total. The third kappa shape index (κ3) is 2.63. The number of alkyl halides is 1. The molecule has 0 radical (unpaired) electrons. The monoisotopic (exact) mass is 312 g/mol. The van der Waals surface area contributed by atoms with E-state index in [1.807, 2.05) is 4.90 Å². The zero-order valence-corrected chi connectivity index (χ0v) is 12.7. The first-order valence-electron chi connectivity index (χ1n) is 6.66. The zero-order valence-electron chi connectivity index (χ0n) is 11.2. The minimum atomic E-state index is 0.212. The minimum Gasteiger partial charge on any atom is -0.345 e. The molecule has 1 unspecified atom stereocenters. The van der Waals surface area contributed by atoms with Gasteiger partial charge in [-0.2, -0.15) is 0 Å². The van der Waals surface area contributed by atoms with Crippen LogP contribution in [0.4, 0.5) is 0 Å². The highest BCUT2D eigenvalue weighted by atomic mass is 79.9. The van der Waals surface area contributed by atoms with E-state index in [2.05, 4.69) is 46.5 Å². The first-order chi connectivity index (χ1) is 8.65. The second-order valence-electron chi connectivity index (χ2n) is 4.96. The van der Waals surface area contributed by atoms with Gasteiger partial charge in [0.1, 0.15) is 0 Å². The second kappa shape index (κ2) is 5.91. The van der Waals surface area contributed by atoms with Crippen molar-refractivity contribution >= 4 is 21.8 Å². The van der Waals surface area contributed by atoms with Crippen molar-refractivity contribution in [3.8, 4) is 0 Å². The summed E-state index contributed by atoms with van der Waals surface area (Å²) in [7, 11) is 0. The lowest BCUT2D eigenvalue weighted by Crippen LogP contribution is -2.40. The van der Waals surface area contributed by atoms with E-state index in [0.29, 0.717) is 12.3 Å². The Balaban J connectivity index is 2.02. The number of carbonyl (C=O) groups excluding carboxylic acids is 1. The van der Waals surface area contributed by atoms with Crippen LogP contribution >= 0.6 is 15.9 Å². The number of fused-ring (bicyclic) bond motifs is 1. The molecule has 1 aliphatic heterocycles. The molecule has 0 fully saturated rings. The number of carbonyl (C=O) groups is 1. The second-order valence-corrected chi connectivity index (χ2v) is 5.75. The molecule has 0 saturated carbocycles. The Morgan fingerprint density at radius 3 is 2.89 bits per heavy atom. The normalized spacial score (nSPS) is 18.8. The largest absolute Gasteiger partial charge is 0.345 e.